The lowest BCUT2D eigenvalue weighted by atomic mass is 9.95. The van der Waals surface area contributed by atoms with Crippen LogP contribution < -0.4 is 0 Å². The van der Waals surface area contributed by atoms with E-state index in [0.29, 0.717) is 5.39 Å². The first-order chi connectivity index (χ1) is 10.2. The molecule has 2 amide bonds. The molecule has 0 saturated carbocycles. The highest BCUT2D eigenvalue weighted by Gasteiger charge is 2.51. The van der Waals surface area contributed by atoms with Crippen molar-refractivity contribution >= 4 is 33.0 Å². The smallest absolute Gasteiger partial charge is 0.281 e. The third-order valence-corrected chi connectivity index (χ3v) is 4.92. The maximum Gasteiger partial charge on any atom is 0.507 e. The van der Waals surface area contributed by atoms with Crippen LogP contribution in [-0.2, 0) is 10.4 Å². The topological polar surface area (TPSA) is 74.7 Å². The Bertz CT molecular complexity index is 826. The summed E-state index contributed by atoms with van der Waals surface area (Å²) in [4.78, 5) is 24.4. The number of hydrogen-bond donors (Lipinski definition) is 2. The Balaban J connectivity index is 2.32. The van der Waals surface area contributed by atoms with Crippen LogP contribution in [0.4, 0.5) is 13.2 Å². The van der Waals surface area contributed by atoms with Crippen LogP contribution in [0.25, 0.3) is 10.8 Å². The van der Waals surface area contributed by atoms with Crippen molar-refractivity contribution in [2.24, 2.45) is 0 Å². The minimum absolute atomic E-state index is 0.179. The molecule has 0 atom stereocenters. The molecule has 0 saturated heterocycles. The quantitative estimate of drug-likeness (QED) is 0.621. The number of alkyl halides is 3. The van der Waals surface area contributed by atoms with Gasteiger partial charge in [0, 0.05) is 5.39 Å². The summed E-state index contributed by atoms with van der Waals surface area (Å²) in [6, 6.07) is 8.43. The minimum Gasteiger partial charge on any atom is -0.281 e. The van der Waals surface area contributed by atoms with E-state index in [1.54, 1.807) is 12.1 Å². The van der Waals surface area contributed by atoms with Crippen LogP contribution in [0, 0.1) is 0 Å². The van der Waals surface area contributed by atoms with Gasteiger partial charge in [-0.1, -0.05) is 24.3 Å². The zero-order valence-electron chi connectivity index (χ0n) is 10.7. The van der Waals surface area contributed by atoms with Gasteiger partial charge in [-0.2, -0.15) is 21.7 Å². The first kappa shape index (κ1) is 14.7. The highest BCUT2D eigenvalue weighted by Crippen LogP contribution is 2.38. The van der Waals surface area contributed by atoms with Gasteiger partial charge >= 0.3 is 5.51 Å². The van der Waals surface area contributed by atoms with Crippen LogP contribution in [-0.4, -0.2) is 30.4 Å². The molecule has 2 aromatic rings. The lowest BCUT2D eigenvalue weighted by Crippen LogP contribution is -2.53. The van der Waals surface area contributed by atoms with Crippen molar-refractivity contribution in [1.29, 1.82) is 0 Å². The fraction of sp³-hybridized carbons (Fsp3) is 0.0769. The normalized spacial score (nSPS) is 16.3. The molecule has 9 heteroatoms. The molecule has 0 radical (unpaired) electrons. The summed E-state index contributed by atoms with van der Waals surface area (Å²) in [5.41, 5.74) is -6.05. The van der Waals surface area contributed by atoms with Gasteiger partial charge in [0.1, 0.15) is 0 Å². The van der Waals surface area contributed by atoms with Gasteiger partial charge in [0.15, 0.2) is 0 Å². The number of nitrogens with zero attached hydrogens (tertiary/aromatic N) is 1. The SMILES string of the molecule is O=C1c2cccc3cccc(c23)C(=O)N1[SH](=O)(O)C(F)(F)F. The average molecular weight is 331 g/mol. The predicted molar refractivity (Wildman–Crippen MR) is 72.7 cm³/mol. The highest BCUT2D eigenvalue weighted by atomic mass is 32.3. The van der Waals surface area contributed by atoms with Gasteiger partial charge in [-0.25, -0.2) is 0 Å². The number of hydrogen-bond acceptors (Lipinski definition) is 3. The third-order valence-electron chi connectivity index (χ3n) is 3.35. The first-order valence-corrected chi connectivity index (χ1v) is 7.58. The summed E-state index contributed by atoms with van der Waals surface area (Å²) in [5.74, 6) is -2.87. The number of thiol groups is 1. The molecule has 0 bridgehead atoms. The van der Waals surface area contributed by atoms with Crippen molar-refractivity contribution in [3.05, 3.63) is 47.5 Å². The minimum atomic E-state index is -6.19. The molecule has 1 aliphatic rings. The summed E-state index contributed by atoms with van der Waals surface area (Å²) in [5, 5.41) is 0.662. The highest BCUT2D eigenvalue weighted by molar-refractivity contribution is 7.97. The Labute approximate surface area is 122 Å². The van der Waals surface area contributed by atoms with Gasteiger partial charge in [-0.05, 0) is 27.9 Å². The van der Waals surface area contributed by atoms with E-state index in [1.165, 1.54) is 24.3 Å². The van der Waals surface area contributed by atoms with Crippen LogP contribution >= 0.6 is 0 Å². The number of benzene rings is 2. The molecule has 0 fully saturated rings. The van der Waals surface area contributed by atoms with Crippen LogP contribution in [0.3, 0.4) is 0 Å². The molecule has 2 aromatic carbocycles. The molecule has 0 aliphatic carbocycles. The monoisotopic (exact) mass is 331 g/mol. The summed E-state index contributed by atoms with van der Waals surface area (Å²) < 4.78 is 58.7. The average Bonchev–Trinajstić information content (AvgIpc) is 2.43. The number of imide groups is 1. The summed E-state index contributed by atoms with van der Waals surface area (Å²) in [7, 11) is -6.19. The molecule has 0 spiro atoms. The second-order valence-corrected chi connectivity index (χ2v) is 6.64. The molecule has 1 heterocycles. The fourth-order valence-corrected chi connectivity index (χ4v) is 3.31. The van der Waals surface area contributed by atoms with Gasteiger partial charge < -0.3 is 0 Å². The molecular formula is C13H8F3NO4S. The second-order valence-electron chi connectivity index (χ2n) is 4.64. The second kappa shape index (κ2) is 4.37. The zero-order valence-corrected chi connectivity index (χ0v) is 11.6. The first-order valence-electron chi connectivity index (χ1n) is 5.97. The van der Waals surface area contributed by atoms with E-state index in [4.69, 9.17) is 0 Å². The van der Waals surface area contributed by atoms with Crippen LogP contribution in [0.1, 0.15) is 20.7 Å². The van der Waals surface area contributed by atoms with Crippen LogP contribution in [0.5, 0.6) is 0 Å². The number of halogens is 3. The molecule has 5 nitrogen and oxygen atoms in total. The van der Waals surface area contributed by atoms with E-state index in [0.717, 1.165) is 0 Å². The number of carbonyl (C=O) groups excluding carboxylic acids is 2. The molecule has 22 heavy (non-hydrogen) atoms. The number of rotatable bonds is 1. The summed E-state index contributed by atoms with van der Waals surface area (Å²) in [6.07, 6.45) is 0. The van der Waals surface area contributed by atoms with E-state index in [2.05, 4.69) is 0 Å². The number of carbonyl (C=O) groups is 2. The van der Waals surface area contributed by atoms with Crippen molar-refractivity contribution in [3.8, 4) is 0 Å². The Kier molecular flexibility index (Phi) is 2.91. The molecule has 1 aliphatic heterocycles. The van der Waals surface area contributed by atoms with Crippen molar-refractivity contribution in [3.63, 3.8) is 0 Å². The van der Waals surface area contributed by atoms with Gasteiger partial charge in [0.05, 0.1) is 11.1 Å². The van der Waals surface area contributed by atoms with E-state index < -0.39 is 32.0 Å². The van der Waals surface area contributed by atoms with Crippen molar-refractivity contribution in [1.82, 2.24) is 4.31 Å². The lowest BCUT2D eigenvalue weighted by molar-refractivity contribution is -0.0539. The van der Waals surface area contributed by atoms with Gasteiger partial charge in [-0.15, -0.1) is 0 Å². The van der Waals surface area contributed by atoms with Crippen molar-refractivity contribution < 1.29 is 31.5 Å². The molecule has 1 N–H and O–H groups in total. The summed E-state index contributed by atoms with van der Waals surface area (Å²) in [6.45, 7) is 0. The predicted octanol–water partition coefficient (Wildman–Crippen LogP) is 2.36. The zero-order chi connectivity index (χ0) is 16.3. The van der Waals surface area contributed by atoms with Gasteiger partial charge in [0.2, 0.25) is 0 Å². The molecule has 3 rings (SSSR count). The van der Waals surface area contributed by atoms with Gasteiger partial charge in [-0.3, -0.25) is 14.1 Å². The maximum atomic E-state index is 12.8. The number of amides is 2. The Morgan fingerprint density at radius 1 is 0.955 bits per heavy atom. The standard InChI is InChI=1S/C13H8F3NO4S/c14-13(15,16)22(20,21)17-11(18)8-5-1-3-7-4-2-6-9(10(7)8)12(17)19/h1-6,22H,(H,20,21). The van der Waals surface area contributed by atoms with E-state index in [1.807, 2.05) is 0 Å². The Morgan fingerprint density at radius 3 is 1.82 bits per heavy atom. The van der Waals surface area contributed by atoms with E-state index >= 15 is 0 Å². The van der Waals surface area contributed by atoms with Crippen LogP contribution in [0.15, 0.2) is 36.4 Å². The van der Waals surface area contributed by atoms with Crippen molar-refractivity contribution in [2.45, 2.75) is 5.51 Å². The Morgan fingerprint density at radius 2 is 1.41 bits per heavy atom. The van der Waals surface area contributed by atoms with E-state index in [9.17, 15) is 31.5 Å². The molecular weight excluding hydrogens is 323 g/mol. The third kappa shape index (κ3) is 1.79. The van der Waals surface area contributed by atoms with Gasteiger partial charge in [0.25, 0.3) is 11.8 Å². The largest absolute Gasteiger partial charge is 0.507 e. The van der Waals surface area contributed by atoms with Crippen LogP contribution in [0.2, 0.25) is 0 Å². The lowest BCUT2D eigenvalue weighted by Gasteiger charge is -2.37. The van der Waals surface area contributed by atoms with Crippen molar-refractivity contribution in [2.75, 3.05) is 0 Å². The maximum absolute atomic E-state index is 12.8. The van der Waals surface area contributed by atoms with E-state index in [-0.39, 0.29) is 16.5 Å². The Hall–Kier alpha value is -2.26. The molecule has 116 valence electrons. The fourth-order valence-electron chi connectivity index (χ4n) is 2.38. The summed E-state index contributed by atoms with van der Waals surface area (Å²) >= 11 is 0. The molecule has 0 aromatic heterocycles. The molecule has 0 unspecified atom stereocenters.